The standard InChI is InChI=1S/C36H44N4O12/c1-20(41)37-26-23(38-31(39-32(44)51-35(2,3)4)40-33(45)52-36(5,6)7)18-24(48-29(26)27(42)25-19-47-34(46)49-25)30(43)50-28(21-14-10-8-11-15-21)22-16-12-9-13-17-22/h8-18,23,25-29,42H,19H2,1-7H3,(H,37,41)(H2,38,39,40,44,45)/t23-,25+,26+,27+,29+/m0/s1. The lowest BCUT2D eigenvalue weighted by Gasteiger charge is -2.39. The van der Waals surface area contributed by atoms with Crippen LogP contribution in [0.4, 0.5) is 14.4 Å². The number of alkyl carbamates (subject to hydrolysis) is 2. The molecule has 0 aromatic heterocycles. The van der Waals surface area contributed by atoms with E-state index in [1.54, 1.807) is 90.1 Å². The first-order valence-electron chi connectivity index (χ1n) is 16.4. The summed E-state index contributed by atoms with van der Waals surface area (Å²) in [6, 6.07) is 15.2. The Kier molecular flexibility index (Phi) is 12.5. The van der Waals surface area contributed by atoms with Crippen LogP contribution in [0.3, 0.4) is 0 Å². The smallest absolute Gasteiger partial charge is 0.478 e. The van der Waals surface area contributed by atoms with Gasteiger partial charge in [-0.3, -0.25) is 15.4 Å². The maximum Gasteiger partial charge on any atom is 0.508 e. The van der Waals surface area contributed by atoms with Crippen molar-refractivity contribution in [1.82, 2.24) is 16.0 Å². The molecule has 52 heavy (non-hydrogen) atoms. The van der Waals surface area contributed by atoms with Crippen LogP contribution >= 0.6 is 0 Å². The summed E-state index contributed by atoms with van der Waals surface area (Å²) in [7, 11) is 0. The number of amides is 3. The van der Waals surface area contributed by atoms with Gasteiger partial charge in [0, 0.05) is 6.92 Å². The molecule has 0 spiro atoms. The molecule has 280 valence electrons. The van der Waals surface area contributed by atoms with Gasteiger partial charge in [-0.05, 0) is 58.7 Å². The molecule has 16 heteroatoms. The second kappa shape index (κ2) is 16.6. The number of aliphatic hydroxyl groups is 1. The van der Waals surface area contributed by atoms with Gasteiger partial charge in [-0.25, -0.2) is 24.2 Å². The molecular weight excluding hydrogens is 680 g/mol. The van der Waals surface area contributed by atoms with E-state index in [0.29, 0.717) is 11.1 Å². The Morgan fingerprint density at radius 2 is 1.37 bits per heavy atom. The van der Waals surface area contributed by atoms with Gasteiger partial charge in [0.1, 0.15) is 23.9 Å². The number of esters is 1. The van der Waals surface area contributed by atoms with Gasteiger partial charge in [-0.2, -0.15) is 0 Å². The van der Waals surface area contributed by atoms with Gasteiger partial charge in [0.25, 0.3) is 0 Å². The van der Waals surface area contributed by atoms with Crippen LogP contribution in [-0.4, -0.2) is 89.5 Å². The molecule has 16 nitrogen and oxygen atoms in total. The minimum absolute atomic E-state index is 0.361. The van der Waals surface area contributed by atoms with Crippen LogP contribution in [0.15, 0.2) is 77.5 Å². The van der Waals surface area contributed by atoms with Crippen molar-refractivity contribution in [2.45, 2.75) is 96.2 Å². The number of nitrogens with zero attached hydrogens (tertiary/aromatic N) is 1. The molecule has 0 radical (unpaired) electrons. The van der Waals surface area contributed by atoms with E-state index in [9.17, 15) is 29.1 Å². The van der Waals surface area contributed by atoms with E-state index in [1.165, 1.54) is 13.0 Å². The number of aliphatic hydroxyl groups excluding tert-OH is 1. The van der Waals surface area contributed by atoms with E-state index in [4.69, 9.17) is 28.4 Å². The van der Waals surface area contributed by atoms with E-state index < -0.39 is 89.6 Å². The summed E-state index contributed by atoms with van der Waals surface area (Å²) < 4.78 is 32.7. The van der Waals surface area contributed by atoms with Crippen LogP contribution in [0.2, 0.25) is 0 Å². The van der Waals surface area contributed by atoms with Crippen LogP contribution < -0.4 is 16.0 Å². The molecule has 2 aliphatic rings. The SMILES string of the molecule is CC(=O)N[C@H]1[C@H]([C@H](O)[C@H]2COC(=O)O2)OC(C(=O)OC(c2ccccc2)c2ccccc2)=C[C@@H]1N=C(NC(=O)OC(C)(C)C)NC(=O)OC(C)(C)C. The van der Waals surface area contributed by atoms with Crippen molar-refractivity contribution < 1.29 is 57.5 Å². The van der Waals surface area contributed by atoms with Gasteiger partial charge in [-0.1, -0.05) is 60.7 Å². The zero-order chi connectivity index (χ0) is 38.2. The van der Waals surface area contributed by atoms with E-state index in [-0.39, 0.29) is 6.61 Å². The second-order valence-corrected chi connectivity index (χ2v) is 13.9. The number of carbonyl (C=O) groups is 5. The number of nitrogens with one attached hydrogen (secondary N) is 3. The summed E-state index contributed by atoms with van der Waals surface area (Å²) >= 11 is 0. The van der Waals surface area contributed by atoms with Crippen molar-refractivity contribution in [3.8, 4) is 0 Å². The number of hydrogen-bond acceptors (Lipinski definition) is 13. The molecule has 2 heterocycles. The molecular formula is C36H44N4O12. The number of rotatable bonds is 8. The molecule has 3 amide bonds. The van der Waals surface area contributed by atoms with Crippen LogP contribution in [0.1, 0.15) is 65.7 Å². The summed E-state index contributed by atoms with van der Waals surface area (Å²) in [6.45, 7) is 10.6. The Balaban J connectivity index is 1.81. The summed E-state index contributed by atoms with van der Waals surface area (Å²) in [6.07, 6.45) is -7.25. The Labute approximate surface area is 300 Å². The van der Waals surface area contributed by atoms with Crippen LogP contribution in [0.25, 0.3) is 0 Å². The first kappa shape index (κ1) is 39.2. The highest BCUT2D eigenvalue weighted by atomic mass is 16.8. The molecule has 2 aliphatic heterocycles. The summed E-state index contributed by atoms with van der Waals surface area (Å²) in [4.78, 5) is 68.6. The maximum absolute atomic E-state index is 14.0. The fourth-order valence-electron chi connectivity index (χ4n) is 5.15. The van der Waals surface area contributed by atoms with Gasteiger partial charge in [0.05, 0.1) is 12.1 Å². The Bertz CT molecular complexity index is 1600. The van der Waals surface area contributed by atoms with E-state index in [0.717, 1.165) is 0 Å². The molecule has 0 unspecified atom stereocenters. The molecule has 4 rings (SSSR count). The molecule has 0 saturated carbocycles. The predicted molar refractivity (Wildman–Crippen MR) is 184 cm³/mol. The highest BCUT2D eigenvalue weighted by Crippen LogP contribution is 2.31. The minimum Gasteiger partial charge on any atom is -0.478 e. The third-order valence-electron chi connectivity index (χ3n) is 7.16. The number of hydrogen-bond donors (Lipinski definition) is 4. The number of guanidine groups is 1. The van der Waals surface area contributed by atoms with Crippen molar-refractivity contribution in [3.63, 3.8) is 0 Å². The minimum atomic E-state index is -1.70. The first-order valence-corrected chi connectivity index (χ1v) is 16.4. The topological polar surface area (TPSA) is 209 Å². The van der Waals surface area contributed by atoms with Crippen molar-refractivity contribution >= 4 is 36.2 Å². The van der Waals surface area contributed by atoms with E-state index >= 15 is 0 Å². The van der Waals surface area contributed by atoms with Crippen molar-refractivity contribution in [2.24, 2.45) is 4.99 Å². The van der Waals surface area contributed by atoms with E-state index in [2.05, 4.69) is 20.9 Å². The molecule has 2 aromatic carbocycles. The Hall–Kier alpha value is -5.64. The highest BCUT2D eigenvalue weighted by molar-refractivity contribution is 6.01. The number of benzene rings is 2. The quantitative estimate of drug-likeness (QED) is 0.133. The lowest BCUT2D eigenvalue weighted by atomic mass is 9.92. The van der Waals surface area contributed by atoms with Gasteiger partial charge < -0.3 is 38.8 Å². The number of aliphatic imine (C=N–C) groups is 1. The number of cyclic esters (lactones) is 2. The molecule has 4 N–H and O–H groups in total. The zero-order valence-corrected chi connectivity index (χ0v) is 29.9. The largest absolute Gasteiger partial charge is 0.508 e. The number of ether oxygens (including phenoxy) is 6. The van der Waals surface area contributed by atoms with Crippen LogP contribution in [-0.2, 0) is 38.0 Å². The summed E-state index contributed by atoms with van der Waals surface area (Å²) in [5, 5.41) is 18.8. The van der Waals surface area contributed by atoms with Crippen molar-refractivity contribution in [1.29, 1.82) is 0 Å². The predicted octanol–water partition coefficient (Wildman–Crippen LogP) is 3.78. The van der Waals surface area contributed by atoms with Crippen molar-refractivity contribution in [3.05, 3.63) is 83.6 Å². The first-order chi connectivity index (χ1) is 24.4. The Morgan fingerprint density at radius 3 is 1.81 bits per heavy atom. The van der Waals surface area contributed by atoms with E-state index in [1.807, 2.05) is 12.1 Å². The summed E-state index contributed by atoms with van der Waals surface area (Å²) in [5.41, 5.74) is -0.610. The third kappa shape index (κ3) is 11.4. The van der Waals surface area contributed by atoms with Crippen LogP contribution in [0, 0.1) is 0 Å². The highest BCUT2D eigenvalue weighted by Gasteiger charge is 2.47. The lowest BCUT2D eigenvalue weighted by Crippen LogP contribution is -2.60. The second-order valence-electron chi connectivity index (χ2n) is 13.9. The molecule has 2 aromatic rings. The molecule has 1 fully saturated rings. The van der Waals surface area contributed by atoms with Gasteiger partial charge in [0.15, 0.2) is 18.3 Å². The van der Waals surface area contributed by atoms with Crippen LogP contribution in [0.5, 0.6) is 0 Å². The monoisotopic (exact) mass is 724 g/mol. The lowest BCUT2D eigenvalue weighted by molar-refractivity contribution is -0.153. The molecule has 1 saturated heterocycles. The van der Waals surface area contributed by atoms with Crippen molar-refractivity contribution in [2.75, 3.05) is 6.61 Å². The van der Waals surface area contributed by atoms with Gasteiger partial charge in [-0.15, -0.1) is 0 Å². The zero-order valence-electron chi connectivity index (χ0n) is 29.9. The fraction of sp³-hybridized carbons (Fsp3) is 0.444. The normalized spacial score (nSPS) is 20.5. The number of carbonyl (C=O) groups excluding carboxylic acids is 5. The third-order valence-corrected chi connectivity index (χ3v) is 7.16. The molecule has 0 aliphatic carbocycles. The Morgan fingerprint density at radius 1 is 0.846 bits per heavy atom. The fourth-order valence-corrected chi connectivity index (χ4v) is 5.15. The molecule has 0 bridgehead atoms. The maximum atomic E-state index is 14.0. The van der Waals surface area contributed by atoms with Gasteiger partial charge in [0.2, 0.25) is 17.6 Å². The summed E-state index contributed by atoms with van der Waals surface area (Å²) in [5.74, 6) is -2.53. The molecule has 5 atom stereocenters. The average molecular weight is 725 g/mol. The average Bonchev–Trinajstić information content (AvgIpc) is 3.48. The van der Waals surface area contributed by atoms with Gasteiger partial charge >= 0.3 is 24.3 Å².